The molecule has 0 spiro atoms. The van der Waals surface area contributed by atoms with E-state index < -0.39 is 0 Å². The third kappa shape index (κ3) is 5.59. The number of unbranched alkanes of at least 4 members (excludes halogenated alkanes) is 3. The van der Waals surface area contributed by atoms with Gasteiger partial charge in [-0.15, -0.1) is 0 Å². The zero-order chi connectivity index (χ0) is 18.8. The molecule has 0 unspecified atom stereocenters. The summed E-state index contributed by atoms with van der Waals surface area (Å²) in [5, 5.41) is 11.1. The number of aromatic nitrogens is 1. The molecule has 0 saturated carbocycles. The number of ether oxygens (including phenoxy) is 1. The maximum absolute atomic E-state index is 12.1. The molecule has 1 aromatic heterocycles. The number of para-hydroxylation sites is 1. The fourth-order valence-electron chi connectivity index (χ4n) is 2.45. The molecule has 0 atom stereocenters. The first kappa shape index (κ1) is 19.5. The van der Waals surface area contributed by atoms with E-state index in [0.29, 0.717) is 30.9 Å². The standard InChI is InChI=1S/C18H23N3O5/c1-25-14-9-6-5-8-13(14)15-12-20-18(26-15)17(23)19-11-7-3-2-4-10-16(22)21-24/h5-6,8-9,12,24H,2-4,7,10-11H2,1H3,(H,19,23)(H,21,22). The number of oxazole rings is 1. The summed E-state index contributed by atoms with van der Waals surface area (Å²) < 4.78 is 10.8. The minimum atomic E-state index is -0.381. The molecule has 140 valence electrons. The highest BCUT2D eigenvalue weighted by Crippen LogP contribution is 2.29. The number of hydroxylamine groups is 1. The van der Waals surface area contributed by atoms with Crippen molar-refractivity contribution in [2.24, 2.45) is 0 Å². The topological polar surface area (TPSA) is 114 Å². The third-order valence-electron chi connectivity index (χ3n) is 3.81. The molecule has 1 heterocycles. The monoisotopic (exact) mass is 361 g/mol. The molecule has 0 radical (unpaired) electrons. The van der Waals surface area contributed by atoms with Gasteiger partial charge in [-0.3, -0.25) is 14.8 Å². The second-order valence-corrected chi connectivity index (χ2v) is 5.69. The van der Waals surface area contributed by atoms with Gasteiger partial charge in [-0.05, 0) is 25.0 Å². The number of carbonyl (C=O) groups is 2. The van der Waals surface area contributed by atoms with Crippen molar-refractivity contribution in [3.05, 3.63) is 36.4 Å². The van der Waals surface area contributed by atoms with Gasteiger partial charge in [0.15, 0.2) is 5.76 Å². The van der Waals surface area contributed by atoms with Crippen LogP contribution in [-0.4, -0.2) is 35.7 Å². The molecule has 8 heteroatoms. The fraction of sp³-hybridized carbons (Fsp3) is 0.389. The van der Waals surface area contributed by atoms with Gasteiger partial charge in [0.25, 0.3) is 5.89 Å². The lowest BCUT2D eigenvalue weighted by Crippen LogP contribution is -2.24. The van der Waals surface area contributed by atoms with Gasteiger partial charge in [0, 0.05) is 13.0 Å². The van der Waals surface area contributed by atoms with Crippen LogP contribution in [0, 0.1) is 0 Å². The van der Waals surface area contributed by atoms with Crippen molar-refractivity contribution in [2.45, 2.75) is 32.1 Å². The summed E-state index contributed by atoms with van der Waals surface area (Å²) >= 11 is 0. The summed E-state index contributed by atoms with van der Waals surface area (Å²) in [4.78, 5) is 27.0. The lowest BCUT2D eigenvalue weighted by Gasteiger charge is -2.05. The maximum Gasteiger partial charge on any atom is 0.307 e. The Balaban J connectivity index is 1.75. The van der Waals surface area contributed by atoms with Crippen LogP contribution in [0.15, 0.2) is 34.9 Å². The molecule has 3 N–H and O–H groups in total. The van der Waals surface area contributed by atoms with Gasteiger partial charge < -0.3 is 14.5 Å². The predicted molar refractivity (Wildman–Crippen MR) is 93.8 cm³/mol. The molecular weight excluding hydrogens is 338 g/mol. The van der Waals surface area contributed by atoms with Crippen LogP contribution in [0.25, 0.3) is 11.3 Å². The van der Waals surface area contributed by atoms with E-state index >= 15 is 0 Å². The van der Waals surface area contributed by atoms with E-state index in [4.69, 9.17) is 14.4 Å². The number of hydrogen-bond acceptors (Lipinski definition) is 6. The molecule has 2 rings (SSSR count). The van der Waals surface area contributed by atoms with Crippen molar-refractivity contribution in [2.75, 3.05) is 13.7 Å². The van der Waals surface area contributed by atoms with Crippen LogP contribution in [0.3, 0.4) is 0 Å². The largest absolute Gasteiger partial charge is 0.496 e. The number of amides is 2. The van der Waals surface area contributed by atoms with Crippen molar-refractivity contribution >= 4 is 11.8 Å². The minimum absolute atomic E-state index is 0.00511. The second-order valence-electron chi connectivity index (χ2n) is 5.69. The van der Waals surface area contributed by atoms with Crippen molar-refractivity contribution in [3.63, 3.8) is 0 Å². The summed E-state index contributed by atoms with van der Waals surface area (Å²) in [6.07, 6.45) is 5.00. The summed E-state index contributed by atoms with van der Waals surface area (Å²) in [5.74, 6) is 0.365. The van der Waals surface area contributed by atoms with Crippen LogP contribution in [-0.2, 0) is 4.79 Å². The Morgan fingerprint density at radius 1 is 1.19 bits per heavy atom. The van der Waals surface area contributed by atoms with Gasteiger partial charge in [0.05, 0.1) is 18.9 Å². The van der Waals surface area contributed by atoms with Crippen LogP contribution in [0.5, 0.6) is 5.75 Å². The highest BCUT2D eigenvalue weighted by atomic mass is 16.5. The summed E-state index contributed by atoms with van der Waals surface area (Å²) in [6, 6.07) is 7.34. The lowest BCUT2D eigenvalue weighted by molar-refractivity contribution is -0.129. The van der Waals surface area contributed by atoms with E-state index in [2.05, 4.69) is 10.3 Å². The highest BCUT2D eigenvalue weighted by molar-refractivity contribution is 5.90. The highest BCUT2D eigenvalue weighted by Gasteiger charge is 2.15. The summed E-state index contributed by atoms with van der Waals surface area (Å²) in [7, 11) is 1.57. The van der Waals surface area contributed by atoms with Crippen molar-refractivity contribution in [1.82, 2.24) is 15.8 Å². The maximum atomic E-state index is 12.1. The predicted octanol–water partition coefficient (Wildman–Crippen LogP) is 2.54. The average Bonchev–Trinajstić information content (AvgIpc) is 3.16. The number of nitrogens with zero attached hydrogens (tertiary/aromatic N) is 1. The zero-order valence-corrected chi connectivity index (χ0v) is 14.7. The van der Waals surface area contributed by atoms with E-state index in [-0.39, 0.29) is 17.7 Å². The third-order valence-corrected chi connectivity index (χ3v) is 3.81. The molecule has 26 heavy (non-hydrogen) atoms. The Bertz CT molecular complexity index is 729. The van der Waals surface area contributed by atoms with Crippen LogP contribution < -0.4 is 15.5 Å². The Hall–Kier alpha value is -2.87. The van der Waals surface area contributed by atoms with E-state index in [1.54, 1.807) is 12.6 Å². The van der Waals surface area contributed by atoms with Gasteiger partial charge in [-0.1, -0.05) is 25.0 Å². The summed E-state index contributed by atoms with van der Waals surface area (Å²) in [5.41, 5.74) is 2.33. The SMILES string of the molecule is COc1ccccc1-c1cnc(C(=O)NCCCCCCC(=O)NO)o1. The van der Waals surface area contributed by atoms with E-state index in [1.165, 1.54) is 6.20 Å². The number of hydrogen-bond donors (Lipinski definition) is 3. The molecule has 0 aliphatic carbocycles. The van der Waals surface area contributed by atoms with Gasteiger partial charge in [-0.2, -0.15) is 0 Å². The van der Waals surface area contributed by atoms with Gasteiger partial charge in [0.1, 0.15) is 5.75 Å². The first-order valence-electron chi connectivity index (χ1n) is 8.46. The van der Waals surface area contributed by atoms with Crippen LogP contribution >= 0.6 is 0 Å². The molecule has 0 fully saturated rings. The van der Waals surface area contributed by atoms with E-state index in [0.717, 1.165) is 24.8 Å². The number of rotatable bonds is 10. The van der Waals surface area contributed by atoms with E-state index in [9.17, 15) is 9.59 Å². The number of carbonyl (C=O) groups excluding carboxylic acids is 2. The number of methoxy groups -OCH3 is 1. The Labute approximate surface area is 151 Å². The van der Waals surface area contributed by atoms with Crippen LogP contribution in [0.2, 0.25) is 0 Å². The van der Waals surface area contributed by atoms with Gasteiger partial charge in [0.2, 0.25) is 5.91 Å². The zero-order valence-electron chi connectivity index (χ0n) is 14.7. The fourth-order valence-corrected chi connectivity index (χ4v) is 2.45. The molecule has 1 aromatic carbocycles. The van der Waals surface area contributed by atoms with Crippen molar-refractivity contribution in [1.29, 1.82) is 0 Å². The molecule has 2 aromatic rings. The average molecular weight is 361 g/mol. The first-order chi connectivity index (χ1) is 12.7. The lowest BCUT2D eigenvalue weighted by atomic mass is 10.1. The molecule has 0 aliphatic heterocycles. The molecule has 0 aliphatic rings. The first-order valence-corrected chi connectivity index (χ1v) is 8.46. The molecule has 0 bridgehead atoms. The van der Waals surface area contributed by atoms with Crippen LogP contribution in [0.4, 0.5) is 0 Å². The molecular formula is C18H23N3O5. The minimum Gasteiger partial charge on any atom is -0.496 e. The molecule has 8 nitrogen and oxygen atoms in total. The number of nitrogens with one attached hydrogen (secondary N) is 2. The quantitative estimate of drug-likeness (QED) is 0.340. The Kier molecular flexibility index (Phi) is 7.63. The number of benzene rings is 1. The van der Waals surface area contributed by atoms with Gasteiger partial charge in [-0.25, -0.2) is 10.5 Å². The van der Waals surface area contributed by atoms with Crippen LogP contribution in [0.1, 0.15) is 42.8 Å². The van der Waals surface area contributed by atoms with Crippen molar-refractivity contribution < 1.29 is 24.0 Å². The van der Waals surface area contributed by atoms with E-state index in [1.807, 2.05) is 24.3 Å². The van der Waals surface area contributed by atoms with Gasteiger partial charge >= 0.3 is 5.91 Å². The Morgan fingerprint density at radius 2 is 1.96 bits per heavy atom. The van der Waals surface area contributed by atoms with Crippen molar-refractivity contribution in [3.8, 4) is 17.1 Å². The summed E-state index contributed by atoms with van der Waals surface area (Å²) in [6.45, 7) is 0.497. The second kappa shape index (κ2) is 10.2. The molecule has 0 saturated heterocycles. The Morgan fingerprint density at radius 3 is 2.73 bits per heavy atom. The normalized spacial score (nSPS) is 10.4. The molecule has 2 amide bonds. The smallest absolute Gasteiger partial charge is 0.307 e.